The number of ether oxygens (including phenoxy) is 10. The van der Waals surface area contributed by atoms with Gasteiger partial charge in [0.1, 0.15) is 39.6 Å². The van der Waals surface area contributed by atoms with Gasteiger partial charge in [0.25, 0.3) is 0 Å². The standard InChI is InChI=1S/C36H66N6O17/c1-4-13-58-35(48)40-9-17-52-23-21-50-15-7-38-31(44)26-54-28-33(46)56-19-11-42(25-30(43)37-6-3)12-20-57-34(47)29-55-27-32(45)39-8-16-51-22-24-53-18-10-41-36(49)59-14-5-2/h4-29H2,1-3H3,(H,37,43)(H,38,44)(H,39,45)(H,40,48)(H,41,49). The molecule has 0 saturated carbocycles. The van der Waals surface area contributed by atoms with Crippen molar-refractivity contribution >= 4 is 41.8 Å². The predicted octanol–water partition coefficient (Wildman–Crippen LogP) is -1.88. The molecule has 23 nitrogen and oxygen atoms in total. The quantitative estimate of drug-likeness (QED) is 0.0257. The van der Waals surface area contributed by atoms with Gasteiger partial charge in [0.15, 0.2) is 0 Å². The van der Waals surface area contributed by atoms with Gasteiger partial charge < -0.3 is 74.0 Å². The second-order valence-electron chi connectivity index (χ2n) is 11.9. The normalized spacial score (nSPS) is 10.7. The molecule has 5 amide bonds. The van der Waals surface area contributed by atoms with Gasteiger partial charge in [-0.3, -0.25) is 19.3 Å². The first-order valence-electron chi connectivity index (χ1n) is 19.7. The maximum absolute atomic E-state index is 12.2. The van der Waals surface area contributed by atoms with Crippen molar-refractivity contribution in [1.82, 2.24) is 31.5 Å². The van der Waals surface area contributed by atoms with Crippen molar-refractivity contribution in [2.75, 3.05) is 158 Å². The summed E-state index contributed by atoms with van der Waals surface area (Å²) < 4.78 is 51.6. The Bertz CT molecular complexity index is 1080. The molecule has 59 heavy (non-hydrogen) atoms. The Hall–Kier alpha value is -4.39. The van der Waals surface area contributed by atoms with Crippen LogP contribution in [0.2, 0.25) is 0 Å². The number of carbonyl (C=O) groups excluding carboxylic acids is 7. The SMILES string of the molecule is CCCOC(=O)NCCOCCOCCNC(=O)COCC(=O)OCCN(CCOC(=O)COCC(=O)NCCOCCOCCNC(=O)OCCC)CC(=O)NCC. The Morgan fingerprint density at radius 1 is 0.390 bits per heavy atom. The summed E-state index contributed by atoms with van der Waals surface area (Å²) in [5, 5.41) is 12.9. The number of alkyl carbamates (subject to hydrolysis) is 2. The second kappa shape index (κ2) is 40.4. The van der Waals surface area contributed by atoms with Crippen molar-refractivity contribution in [3.05, 3.63) is 0 Å². The van der Waals surface area contributed by atoms with E-state index in [0.717, 1.165) is 12.8 Å². The molecule has 0 radical (unpaired) electrons. The van der Waals surface area contributed by atoms with Crippen LogP contribution in [0.25, 0.3) is 0 Å². The number of esters is 2. The van der Waals surface area contributed by atoms with E-state index in [1.807, 2.05) is 13.8 Å². The fourth-order valence-electron chi connectivity index (χ4n) is 4.05. The van der Waals surface area contributed by atoms with Crippen molar-refractivity contribution in [2.45, 2.75) is 33.6 Å². The Balaban J connectivity index is 3.99. The van der Waals surface area contributed by atoms with Gasteiger partial charge in [-0.2, -0.15) is 0 Å². The predicted molar refractivity (Wildman–Crippen MR) is 207 cm³/mol. The van der Waals surface area contributed by atoms with Crippen LogP contribution < -0.4 is 26.6 Å². The molecule has 5 N–H and O–H groups in total. The van der Waals surface area contributed by atoms with Gasteiger partial charge in [-0.25, -0.2) is 19.2 Å². The van der Waals surface area contributed by atoms with Crippen LogP contribution in [0, 0.1) is 0 Å². The van der Waals surface area contributed by atoms with Gasteiger partial charge in [-0.05, 0) is 19.8 Å². The minimum atomic E-state index is -0.717. The van der Waals surface area contributed by atoms with Crippen LogP contribution in [0.4, 0.5) is 9.59 Å². The minimum absolute atomic E-state index is 0.0485. The first-order valence-corrected chi connectivity index (χ1v) is 19.7. The molecule has 0 aromatic heterocycles. The van der Waals surface area contributed by atoms with E-state index in [1.165, 1.54) is 0 Å². The third-order valence-corrected chi connectivity index (χ3v) is 6.78. The first kappa shape index (κ1) is 54.6. The number of carbonyl (C=O) groups is 7. The number of hydrogen-bond donors (Lipinski definition) is 5. The van der Waals surface area contributed by atoms with Gasteiger partial charge in [0, 0.05) is 45.8 Å². The third kappa shape index (κ3) is 38.9. The van der Waals surface area contributed by atoms with Gasteiger partial charge in [-0.15, -0.1) is 0 Å². The van der Waals surface area contributed by atoms with Crippen molar-refractivity contribution in [3.8, 4) is 0 Å². The molecule has 0 atom stereocenters. The number of nitrogens with one attached hydrogen (secondary N) is 5. The summed E-state index contributed by atoms with van der Waals surface area (Å²) in [5.74, 6) is -2.62. The van der Waals surface area contributed by atoms with E-state index >= 15 is 0 Å². The number of hydrogen-bond acceptors (Lipinski definition) is 18. The topological polar surface area (TPSA) is 275 Å². The fraction of sp³-hybridized carbons (Fsp3) is 0.806. The molecule has 0 heterocycles. The number of amides is 5. The molecule has 0 aromatic rings. The van der Waals surface area contributed by atoms with Crippen LogP contribution in [0.1, 0.15) is 33.6 Å². The summed E-state index contributed by atoms with van der Waals surface area (Å²) in [6.45, 7) is 8.36. The molecule has 0 aliphatic carbocycles. The number of likely N-dealkylation sites (N-methyl/N-ethyl adjacent to an activating group) is 1. The molecule has 342 valence electrons. The summed E-state index contributed by atoms with van der Waals surface area (Å²) in [6.07, 6.45) is 0.506. The molecule has 0 fully saturated rings. The first-order chi connectivity index (χ1) is 28.6. The number of rotatable bonds is 39. The van der Waals surface area contributed by atoms with Gasteiger partial charge in [-0.1, -0.05) is 13.8 Å². The Kier molecular flexibility index (Phi) is 37.4. The van der Waals surface area contributed by atoms with Gasteiger partial charge in [0.2, 0.25) is 17.7 Å². The molecule has 0 unspecified atom stereocenters. The van der Waals surface area contributed by atoms with Crippen molar-refractivity contribution < 1.29 is 80.9 Å². The van der Waals surface area contributed by atoms with Crippen molar-refractivity contribution in [2.24, 2.45) is 0 Å². The van der Waals surface area contributed by atoms with E-state index in [0.29, 0.717) is 72.5 Å². The van der Waals surface area contributed by atoms with Crippen LogP contribution in [-0.2, 0) is 71.3 Å². The van der Waals surface area contributed by atoms with E-state index < -0.39 is 49.2 Å². The van der Waals surface area contributed by atoms with E-state index in [4.69, 9.17) is 47.4 Å². The average molecular weight is 855 g/mol. The van der Waals surface area contributed by atoms with E-state index in [9.17, 15) is 33.6 Å². The minimum Gasteiger partial charge on any atom is -0.463 e. The highest BCUT2D eigenvalue weighted by Crippen LogP contribution is 1.94. The second-order valence-corrected chi connectivity index (χ2v) is 11.9. The summed E-state index contributed by atoms with van der Waals surface area (Å²) in [5.41, 5.74) is 0. The molecule has 0 saturated heterocycles. The zero-order chi connectivity index (χ0) is 43.6. The van der Waals surface area contributed by atoms with Crippen LogP contribution in [0.3, 0.4) is 0 Å². The smallest absolute Gasteiger partial charge is 0.407 e. The summed E-state index contributed by atoms with van der Waals surface area (Å²) in [7, 11) is 0. The monoisotopic (exact) mass is 854 g/mol. The van der Waals surface area contributed by atoms with Crippen LogP contribution >= 0.6 is 0 Å². The molecule has 0 aliphatic rings. The Morgan fingerprint density at radius 3 is 1.15 bits per heavy atom. The highest BCUT2D eigenvalue weighted by molar-refractivity contribution is 5.79. The van der Waals surface area contributed by atoms with Crippen LogP contribution in [0.15, 0.2) is 0 Å². The van der Waals surface area contributed by atoms with Gasteiger partial charge >= 0.3 is 24.1 Å². The molecule has 0 rings (SSSR count). The lowest BCUT2D eigenvalue weighted by Crippen LogP contribution is -2.41. The largest absolute Gasteiger partial charge is 0.463 e. The Labute approximate surface area is 345 Å². The molecular formula is C36H66N6O17. The highest BCUT2D eigenvalue weighted by Gasteiger charge is 2.14. The van der Waals surface area contributed by atoms with Gasteiger partial charge in [0.05, 0.1) is 72.6 Å². The summed E-state index contributed by atoms with van der Waals surface area (Å²) in [6, 6.07) is 0. The zero-order valence-electron chi connectivity index (χ0n) is 34.8. The lowest BCUT2D eigenvalue weighted by atomic mass is 10.4. The lowest BCUT2D eigenvalue weighted by molar-refractivity contribution is -0.150. The molecule has 0 aliphatic heterocycles. The zero-order valence-corrected chi connectivity index (χ0v) is 34.8. The average Bonchev–Trinajstić information content (AvgIpc) is 3.20. The molecule has 0 spiro atoms. The maximum atomic E-state index is 12.2. The Morgan fingerprint density at radius 2 is 0.780 bits per heavy atom. The van der Waals surface area contributed by atoms with E-state index in [1.54, 1.807) is 11.8 Å². The maximum Gasteiger partial charge on any atom is 0.407 e. The third-order valence-electron chi connectivity index (χ3n) is 6.78. The number of nitrogens with zero attached hydrogens (tertiary/aromatic N) is 1. The van der Waals surface area contributed by atoms with Crippen molar-refractivity contribution in [3.63, 3.8) is 0 Å². The molecule has 23 heteroatoms. The highest BCUT2D eigenvalue weighted by atomic mass is 16.6. The summed E-state index contributed by atoms with van der Waals surface area (Å²) in [4.78, 5) is 84.4. The fourth-order valence-corrected chi connectivity index (χ4v) is 4.05. The van der Waals surface area contributed by atoms with E-state index in [-0.39, 0.29) is 78.3 Å². The molecule has 0 aromatic carbocycles. The van der Waals surface area contributed by atoms with Crippen LogP contribution in [-0.4, -0.2) is 205 Å². The molecular weight excluding hydrogens is 788 g/mol. The van der Waals surface area contributed by atoms with Crippen molar-refractivity contribution in [1.29, 1.82) is 0 Å². The van der Waals surface area contributed by atoms with E-state index in [2.05, 4.69) is 26.6 Å². The molecule has 0 bridgehead atoms. The lowest BCUT2D eigenvalue weighted by Gasteiger charge is -2.21. The summed E-state index contributed by atoms with van der Waals surface area (Å²) >= 11 is 0. The van der Waals surface area contributed by atoms with Crippen LogP contribution in [0.5, 0.6) is 0 Å².